The SMILES string of the molecule is Cc1nc2c(C(=O)O)cnn2c(C)c1Cc1cccc(Br)c1. The molecule has 0 aliphatic carbocycles. The maximum Gasteiger partial charge on any atom is 0.341 e. The standard InChI is InChI=1S/C16H14BrN3O2/c1-9-13(7-11-4-3-5-12(17)6-11)10(2)20-15(19-9)14(8-18-20)16(21)22/h3-6,8H,7H2,1-2H3,(H,21,22). The molecule has 0 spiro atoms. The van der Waals surface area contributed by atoms with E-state index in [0.717, 1.165) is 33.4 Å². The van der Waals surface area contributed by atoms with Crippen LogP contribution in [0.15, 0.2) is 34.9 Å². The van der Waals surface area contributed by atoms with Gasteiger partial charge in [-0.3, -0.25) is 0 Å². The first-order valence-electron chi connectivity index (χ1n) is 6.79. The highest BCUT2D eigenvalue weighted by molar-refractivity contribution is 9.10. The Morgan fingerprint density at radius 2 is 2.14 bits per heavy atom. The minimum atomic E-state index is -1.01. The van der Waals surface area contributed by atoms with E-state index in [2.05, 4.69) is 38.1 Å². The molecule has 0 bridgehead atoms. The van der Waals surface area contributed by atoms with E-state index in [9.17, 15) is 9.90 Å². The molecule has 0 saturated carbocycles. The number of fused-ring (bicyclic) bond motifs is 1. The van der Waals surface area contributed by atoms with Gasteiger partial charge in [-0.05, 0) is 37.1 Å². The first kappa shape index (κ1) is 14.7. The molecule has 0 aliphatic rings. The summed E-state index contributed by atoms with van der Waals surface area (Å²) in [5, 5.41) is 13.4. The van der Waals surface area contributed by atoms with Crippen molar-refractivity contribution in [2.24, 2.45) is 0 Å². The topological polar surface area (TPSA) is 67.5 Å². The average Bonchev–Trinajstić information content (AvgIpc) is 2.87. The second-order valence-electron chi connectivity index (χ2n) is 5.17. The number of nitrogens with zero attached hydrogens (tertiary/aromatic N) is 3. The Labute approximate surface area is 135 Å². The van der Waals surface area contributed by atoms with E-state index in [1.54, 1.807) is 4.52 Å². The summed E-state index contributed by atoms with van der Waals surface area (Å²) in [5.74, 6) is -1.01. The van der Waals surface area contributed by atoms with Gasteiger partial charge < -0.3 is 5.11 Å². The molecule has 3 aromatic rings. The van der Waals surface area contributed by atoms with Gasteiger partial charge in [0.2, 0.25) is 0 Å². The molecule has 2 aromatic heterocycles. The summed E-state index contributed by atoms with van der Waals surface area (Å²) in [7, 11) is 0. The fourth-order valence-corrected chi connectivity index (χ4v) is 3.02. The summed E-state index contributed by atoms with van der Waals surface area (Å²) in [5.41, 5.74) is 4.47. The average molecular weight is 360 g/mol. The molecule has 5 nitrogen and oxygen atoms in total. The molecule has 0 amide bonds. The lowest BCUT2D eigenvalue weighted by Crippen LogP contribution is -2.07. The van der Waals surface area contributed by atoms with Crippen LogP contribution in [0.25, 0.3) is 5.65 Å². The van der Waals surface area contributed by atoms with Crippen LogP contribution in [0, 0.1) is 13.8 Å². The summed E-state index contributed by atoms with van der Waals surface area (Å²) in [4.78, 5) is 15.7. The zero-order valence-electron chi connectivity index (χ0n) is 12.2. The van der Waals surface area contributed by atoms with Crippen molar-refractivity contribution in [2.75, 3.05) is 0 Å². The van der Waals surface area contributed by atoms with Crippen LogP contribution >= 0.6 is 15.9 Å². The first-order chi connectivity index (χ1) is 10.5. The molecule has 112 valence electrons. The number of carboxylic acid groups (broad SMARTS) is 1. The molecule has 0 saturated heterocycles. The first-order valence-corrected chi connectivity index (χ1v) is 7.58. The molecule has 6 heteroatoms. The molecular formula is C16H14BrN3O2. The summed E-state index contributed by atoms with van der Waals surface area (Å²) in [6.45, 7) is 3.84. The molecule has 0 atom stereocenters. The molecule has 0 radical (unpaired) electrons. The largest absolute Gasteiger partial charge is 0.477 e. The van der Waals surface area contributed by atoms with Crippen LogP contribution in [0.5, 0.6) is 0 Å². The van der Waals surface area contributed by atoms with Crippen molar-refractivity contribution in [1.29, 1.82) is 0 Å². The summed E-state index contributed by atoms with van der Waals surface area (Å²) >= 11 is 3.47. The Morgan fingerprint density at radius 3 is 2.82 bits per heavy atom. The number of hydrogen-bond donors (Lipinski definition) is 1. The van der Waals surface area contributed by atoms with Crippen molar-refractivity contribution in [1.82, 2.24) is 14.6 Å². The lowest BCUT2D eigenvalue weighted by Gasteiger charge is -2.11. The predicted molar refractivity (Wildman–Crippen MR) is 86.4 cm³/mol. The number of halogens is 1. The van der Waals surface area contributed by atoms with Crippen molar-refractivity contribution in [3.8, 4) is 0 Å². The van der Waals surface area contributed by atoms with Gasteiger partial charge in [-0.15, -0.1) is 0 Å². The van der Waals surface area contributed by atoms with Gasteiger partial charge in [0.25, 0.3) is 0 Å². The van der Waals surface area contributed by atoms with E-state index in [1.807, 2.05) is 26.0 Å². The lowest BCUT2D eigenvalue weighted by molar-refractivity contribution is 0.0699. The number of carbonyl (C=O) groups is 1. The number of benzene rings is 1. The third kappa shape index (κ3) is 2.50. The predicted octanol–water partition coefficient (Wildman–Crippen LogP) is 3.40. The van der Waals surface area contributed by atoms with E-state index in [-0.39, 0.29) is 5.56 Å². The van der Waals surface area contributed by atoms with Gasteiger partial charge >= 0.3 is 5.97 Å². The second kappa shape index (κ2) is 5.53. The van der Waals surface area contributed by atoms with Crippen molar-refractivity contribution in [3.05, 3.63) is 63.0 Å². The van der Waals surface area contributed by atoms with Crippen LogP contribution in [0.2, 0.25) is 0 Å². The zero-order valence-corrected chi connectivity index (χ0v) is 13.8. The summed E-state index contributed by atoms with van der Waals surface area (Å²) < 4.78 is 2.63. The van der Waals surface area contributed by atoms with Crippen LogP contribution < -0.4 is 0 Å². The van der Waals surface area contributed by atoms with Gasteiger partial charge in [0.15, 0.2) is 5.65 Å². The highest BCUT2D eigenvalue weighted by Gasteiger charge is 2.17. The van der Waals surface area contributed by atoms with E-state index >= 15 is 0 Å². The monoisotopic (exact) mass is 359 g/mol. The molecule has 0 aliphatic heterocycles. The summed E-state index contributed by atoms with van der Waals surface area (Å²) in [6.07, 6.45) is 2.07. The number of carboxylic acids is 1. The van der Waals surface area contributed by atoms with E-state index < -0.39 is 5.97 Å². The lowest BCUT2D eigenvalue weighted by atomic mass is 10.0. The smallest absolute Gasteiger partial charge is 0.341 e. The Hall–Kier alpha value is -2.21. The number of aromatic nitrogens is 3. The molecule has 3 rings (SSSR count). The Kier molecular flexibility index (Phi) is 3.70. The highest BCUT2D eigenvalue weighted by Crippen LogP contribution is 2.21. The van der Waals surface area contributed by atoms with Gasteiger partial charge in [-0.2, -0.15) is 5.10 Å². The molecule has 22 heavy (non-hydrogen) atoms. The van der Waals surface area contributed by atoms with Crippen LogP contribution in [-0.4, -0.2) is 25.7 Å². The van der Waals surface area contributed by atoms with E-state index in [0.29, 0.717) is 5.65 Å². The quantitative estimate of drug-likeness (QED) is 0.778. The fourth-order valence-electron chi connectivity index (χ4n) is 2.57. The van der Waals surface area contributed by atoms with Crippen LogP contribution in [-0.2, 0) is 6.42 Å². The molecular weight excluding hydrogens is 346 g/mol. The highest BCUT2D eigenvalue weighted by atomic mass is 79.9. The molecule has 0 unspecified atom stereocenters. The third-order valence-corrected chi connectivity index (χ3v) is 4.20. The van der Waals surface area contributed by atoms with Crippen molar-refractivity contribution in [3.63, 3.8) is 0 Å². The number of hydrogen-bond acceptors (Lipinski definition) is 3. The zero-order chi connectivity index (χ0) is 15.9. The maximum absolute atomic E-state index is 11.2. The van der Waals surface area contributed by atoms with E-state index in [1.165, 1.54) is 6.20 Å². The molecule has 2 heterocycles. The van der Waals surface area contributed by atoms with Gasteiger partial charge in [-0.25, -0.2) is 14.3 Å². The number of aromatic carboxylic acids is 1. The number of rotatable bonds is 3. The minimum Gasteiger partial charge on any atom is -0.477 e. The van der Waals surface area contributed by atoms with Gasteiger partial charge in [-0.1, -0.05) is 28.1 Å². The Balaban J connectivity index is 2.13. The van der Waals surface area contributed by atoms with Crippen molar-refractivity contribution >= 4 is 27.5 Å². The van der Waals surface area contributed by atoms with E-state index in [4.69, 9.17) is 0 Å². The summed E-state index contributed by atoms with van der Waals surface area (Å²) in [6, 6.07) is 8.10. The van der Waals surface area contributed by atoms with Gasteiger partial charge in [0.1, 0.15) is 5.56 Å². The van der Waals surface area contributed by atoms with Gasteiger partial charge in [0, 0.05) is 22.3 Å². The fraction of sp³-hybridized carbons (Fsp3) is 0.188. The van der Waals surface area contributed by atoms with Crippen molar-refractivity contribution < 1.29 is 9.90 Å². The molecule has 1 N–H and O–H groups in total. The maximum atomic E-state index is 11.2. The second-order valence-corrected chi connectivity index (χ2v) is 6.08. The van der Waals surface area contributed by atoms with Crippen LogP contribution in [0.1, 0.15) is 32.9 Å². The Morgan fingerprint density at radius 1 is 1.36 bits per heavy atom. The van der Waals surface area contributed by atoms with Crippen LogP contribution in [0.4, 0.5) is 0 Å². The molecule has 1 aromatic carbocycles. The number of aryl methyl sites for hydroxylation is 2. The van der Waals surface area contributed by atoms with Crippen molar-refractivity contribution in [2.45, 2.75) is 20.3 Å². The van der Waals surface area contributed by atoms with Crippen LogP contribution in [0.3, 0.4) is 0 Å². The molecule has 0 fully saturated rings. The minimum absolute atomic E-state index is 0.125. The van der Waals surface area contributed by atoms with Gasteiger partial charge in [0.05, 0.1) is 6.20 Å². The Bertz CT molecular complexity index is 886. The normalized spacial score (nSPS) is 11.0. The third-order valence-electron chi connectivity index (χ3n) is 3.71.